The van der Waals surface area contributed by atoms with Crippen molar-refractivity contribution in [3.8, 4) is 11.8 Å². The standard InChI is InChI=1S/C14H20N2O2S/c1-11(2)15-14(18)16(3)9-13-8-12(10-19-13)6-4-5-7-17/h8,10-11,17H,5,7,9H2,1-3H3,(H,15,18). The SMILES string of the molecule is CC(C)NC(=O)N(C)Cc1cc(C#CCCO)cs1. The number of carbonyl (C=O) groups is 1. The Morgan fingerprint density at radius 2 is 2.32 bits per heavy atom. The molecule has 0 saturated heterocycles. The summed E-state index contributed by atoms with van der Waals surface area (Å²) in [4.78, 5) is 14.5. The molecule has 104 valence electrons. The molecule has 1 aromatic heterocycles. The fraction of sp³-hybridized carbons (Fsp3) is 0.500. The molecule has 0 aromatic carbocycles. The Kier molecular flexibility index (Phi) is 6.40. The van der Waals surface area contributed by atoms with Crippen LogP contribution in [0.3, 0.4) is 0 Å². The molecule has 0 radical (unpaired) electrons. The summed E-state index contributed by atoms with van der Waals surface area (Å²) in [6.45, 7) is 4.53. The zero-order chi connectivity index (χ0) is 14.3. The first kappa shape index (κ1) is 15.5. The minimum absolute atomic E-state index is 0.0729. The lowest BCUT2D eigenvalue weighted by Gasteiger charge is -2.18. The molecule has 4 nitrogen and oxygen atoms in total. The molecule has 0 unspecified atom stereocenters. The van der Waals surface area contributed by atoms with Gasteiger partial charge in [0.15, 0.2) is 0 Å². The minimum atomic E-state index is -0.0729. The van der Waals surface area contributed by atoms with Crippen LogP contribution in [-0.4, -0.2) is 35.7 Å². The van der Waals surface area contributed by atoms with Crippen molar-refractivity contribution < 1.29 is 9.90 Å². The molecule has 2 N–H and O–H groups in total. The van der Waals surface area contributed by atoms with E-state index in [9.17, 15) is 4.79 Å². The first-order valence-electron chi connectivity index (χ1n) is 6.21. The van der Waals surface area contributed by atoms with Gasteiger partial charge in [-0.2, -0.15) is 0 Å². The number of aliphatic hydroxyl groups is 1. The average Bonchev–Trinajstić information content (AvgIpc) is 2.76. The van der Waals surface area contributed by atoms with Crippen LogP contribution in [0, 0.1) is 11.8 Å². The van der Waals surface area contributed by atoms with Crippen LogP contribution < -0.4 is 5.32 Å². The van der Waals surface area contributed by atoms with E-state index in [0.29, 0.717) is 13.0 Å². The van der Waals surface area contributed by atoms with Gasteiger partial charge in [0.05, 0.1) is 13.2 Å². The second kappa shape index (κ2) is 7.82. The van der Waals surface area contributed by atoms with Gasteiger partial charge in [0.2, 0.25) is 0 Å². The van der Waals surface area contributed by atoms with Gasteiger partial charge in [-0.05, 0) is 19.9 Å². The molecular formula is C14H20N2O2S. The lowest BCUT2D eigenvalue weighted by atomic mass is 10.3. The molecule has 1 aromatic rings. The Bertz CT molecular complexity index is 471. The molecule has 0 bridgehead atoms. The molecule has 0 saturated carbocycles. The van der Waals surface area contributed by atoms with E-state index in [1.807, 2.05) is 25.3 Å². The number of hydrogen-bond donors (Lipinski definition) is 2. The maximum atomic E-state index is 11.7. The van der Waals surface area contributed by atoms with E-state index in [1.165, 1.54) is 0 Å². The molecule has 0 fully saturated rings. The van der Waals surface area contributed by atoms with Crippen LogP contribution in [-0.2, 0) is 6.54 Å². The zero-order valence-corrected chi connectivity index (χ0v) is 12.4. The van der Waals surface area contributed by atoms with Crippen LogP contribution in [0.5, 0.6) is 0 Å². The number of thiophene rings is 1. The molecule has 0 aliphatic carbocycles. The molecule has 0 spiro atoms. The third-order valence-electron chi connectivity index (χ3n) is 2.28. The van der Waals surface area contributed by atoms with Gasteiger partial charge in [-0.3, -0.25) is 0 Å². The van der Waals surface area contributed by atoms with Crippen LogP contribution in [0.4, 0.5) is 4.79 Å². The summed E-state index contributed by atoms with van der Waals surface area (Å²) < 4.78 is 0. The maximum Gasteiger partial charge on any atom is 0.317 e. The summed E-state index contributed by atoms with van der Waals surface area (Å²) in [6.07, 6.45) is 0.488. The van der Waals surface area contributed by atoms with Gasteiger partial charge in [-0.25, -0.2) is 4.79 Å². The number of rotatable bonds is 4. The van der Waals surface area contributed by atoms with Crippen molar-refractivity contribution in [3.05, 3.63) is 21.9 Å². The smallest absolute Gasteiger partial charge is 0.317 e. The van der Waals surface area contributed by atoms with Crippen molar-refractivity contribution in [2.75, 3.05) is 13.7 Å². The van der Waals surface area contributed by atoms with Gasteiger partial charge < -0.3 is 15.3 Å². The predicted octanol–water partition coefficient (Wildman–Crippen LogP) is 2.03. The molecule has 1 rings (SSSR count). The van der Waals surface area contributed by atoms with Crippen molar-refractivity contribution in [1.82, 2.24) is 10.2 Å². The Hall–Kier alpha value is -1.51. The lowest BCUT2D eigenvalue weighted by molar-refractivity contribution is 0.204. The number of nitrogens with zero attached hydrogens (tertiary/aromatic N) is 1. The summed E-state index contributed by atoms with van der Waals surface area (Å²) in [5.74, 6) is 5.86. The largest absolute Gasteiger partial charge is 0.395 e. The fourth-order valence-corrected chi connectivity index (χ4v) is 2.28. The third kappa shape index (κ3) is 5.77. The van der Waals surface area contributed by atoms with E-state index in [4.69, 9.17) is 5.11 Å². The van der Waals surface area contributed by atoms with E-state index in [2.05, 4.69) is 17.2 Å². The van der Waals surface area contributed by atoms with Crippen LogP contribution in [0.1, 0.15) is 30.7 Å². The van der Waals surface area contributed by atoms with Crippen LogP contribution >= 0.6 is 11.3 Å². The molecule has 0 atom stereocenters. The van der Waals surface area contributed by atoms with Crippen LogP contribution in [0.2, 0.25) is 0 Å². The molecule has 2 amide bonds. The number of amides is 2. The third-order valence-corrected chi connectivity index (χ3v) is 3.20. The van der Waals surface area contributed by atoms with Crippen molar-refractivity contribution >= 4 is 17.4 Å². The molecule has 5 heteroatoms. The Labute approximate surface area is 118 Å². The molecule has 19 heavy (non-hydrogen) atoms. The Morgan fingerprint density at radius 1 is 1.58 bits per heavy atom. The molecular weight excluding hydrogens is 260 g/mol. The summed E-state index contributed by atoms with van der Waals surface area (Å²) in [5.41, 5.74) is 0.936. The normalized spacial score (nSPS) is 9.95. The first-order valence-corrected chi connectivity index (χ1v) is 7.09. The summed E-state index contributed by atoms with van der Waals surface area (Å²) in [6, 6.07) is 2.04. The van der Waals surface area contributed by atoms with E-state index >= 15 is 0 Å². The molecule has 1 heterocycles. The second-order valence-corrected chi connectivity index (χ2v) is 5.53. The summed E-state index contributed by atoms with van der Waals surface area (Å²) in [7, 11) is 1.77. The highest BCUT2D eigenvalue weighted by Crippen LogP contribution is 2.15. The van der Waals surface area contributed by atoms with Gasteiger partial charge in [-0.15, -0.1) is 11.3 Å². The van der Waals surface area contributed by atoms with Gasteiger partial charge in [0.25, 0.3) is 0 Å². The summed E-state index contributed by atoms with van der Waals surface area (Å²) >= 11 is 1.59. The van der Waals surface area contributed by atoms with Crippen LogP contribution in [0.15, 0.2) is 11.4 Å². The van der Waals surface area contributed by atoms with Gasteiger partial charge in [0, 0.05) is 35.3 Å². The van der Waals surface area contributed by atoms with E-state index in [0.717, 1.165) is 10.4 Å². The highest BCUT2D eigenvalue weighted by molar-refractivity contribution is 7.10. The molecule has 0 aliphatic rings. The fourth-order valence-electron chi connectivity index (χ4n) is 1.41. The highest BCUT2D eigenvalue weighted by atomic mass is 32.1. The van der Waals surface area contributed by atoms with Gasteiger partial charge >= 0.3 is 6.03 Å². The summed E-state index contributed by atoms with van der Waals surface area (Å²) in [5, 5.41) is 13.5. The Balaban J connectivity index is 2.54. The van der Waals surface area contributed by atoms with E-state index in [-0.39, 0.29) is 18.7 Å². The number of carbonyl (C=O) groups excluding carboxylic acids is 1. The van der Waals surface area contributed by atoms with Crippen molar-refractivity contribution in [2.24, 2.45) is 0 Å². The van der Waals surface area contributed by atoms with Crippen molar-refractivity contribution in [1.29, 1.82) is 0 Å². The lowest BCUT2D eigenvalue weighted by Crippen LogP contribution is -2.40. The predicted molar refractivity (Wildman–Crippen MR) is 78.0 cm³/mol. The van der Waals surface area contributed by atoms with Gasteiger partial charge in [0.1, 0.15) is 0 Å². The average molecular weight is 280 g/mol. The second-order valence-electron chi connectivity index (χ2n) is 4.54. The number of hydrogen-bond acceptors (Lipinski definition) is 3. The van der Waals surface area contributed by atoms with E-state index in [1.54, 1.807) is 23.3 Å². The van der Waals surface area contributed by atoms with Gasteiger partial charge in [-0.1, -0.05) is 11.8 Å². The zero-order valence-electron chi connectivity index (χ0n) is 11.6. The Morgan fingerprint density at radius 3 is 2.95 bits per heavy atom. The number of nitrogens with one attached hydrogen (secondary N) is 1. The highest BCUT2D eigenvalue weighted by Gasteiger charge is 2.10. The quantitative estimate of drug-likeness (QED) is 0.829. The minimum Gasteiger partial charge on any atom is -0.395 e. The molecule has 0 aliphatic heterocycles. The van der Waals surface area contributed by atoms with Crippen molar-refractivity contribution in [2.45, 2.75) is 32.9 Å². The first-order chi connectivity index (χ1) is 9.02. The number of urea groups is 1. The van der Waals surface area contributed by atoms with Crippen molar-refractivity contribution in [3.63, 3.8) is 0 Å². The van der Waals surface area contributed by atoms with E-state index < -0.39 is 0 Å². The van der Waals surface area contributed by atoms with Crippen LogP contribution in [0.25, 0.3) is 0 Å². The monoisotopic (exact) mass is 280 g/mol. The maximum absolute atomic E-state index is 11.7. The topological polar surface area (TPSA) is 52.6 Å². The number of aliphatic hydroxyl groups excluding tert-OH is 1.